The number of halogens is 3. The normalized spacial score (nSPS) is 11.8. The summed E-state index contributed by atoms with van der Waals surface area (Å²) in [5.74, 6) is -0.208. The Balaban J connectivity index is 1.72. The van der Waals surface area contributed by atoms with E-state index in [0.29, 0.717) is 28.3 Å². The summed E-state index contributed by atoms with van der Waals surface area (Å²) in [6.07, 6.45) is -3.43. The van der Waals surface area contributed by atoms with Crippen molar-refractivity contribution in [2.24, 2.45) is 0 Å². The second kappa shape index (κ2) is 9.56. The van der Waals surface area contributed by atoms with Crippen molar-refractivity contribution in [1.29, 1.82) is 0 Å². The van der Waals surface area contributed by atoms with E-state index in [1.807, 2.05) is 38.4 Å². The number of nitrogens with zero attached hydrogens (tertiary/aromatic N) is 3. The maximum Gasteiger partial charge on any atom is 0.416 e. The summed E-state index contributed by atoms with van der Waals surface area (Å²) in [5, 5.41) is 7.26. The molecule has 0 saturated heterocycles. The van der Waals surface area contributed by atoms with Gasteiger partial charge in [-0.15, -0.1) is 0 Å². The molecule has 0 aliphatic carbocycles. The molecule has 170 valence electrons. The molecule has 3 rings (SSSR count). The Kier molecular flexibility index (Phi) is 7.03. The van der Waals surface area contributed by atoms with Crippen molar-refractivity contribution in [3.8, 4) is 5.69 Å². The van der Waals surface area contributed by atoms with Crippen LogP contribution >= 0.6 is 0 Å². The number of amides is 1. The summed E-state index contributed by atoms with van der Waals surface area (Å²) in [6.45, 7) is 4.45. The molecule has 5 nitrogen and oxygen atoms in total. The second-order valence-corrected chi connectivity index (χ2v) is 8.08. The Morgan fingerprint density at radius 1 is 1.09 bits per heavy atom. The molecule has 0 aliphatic rings. The first kappa shape index (κ1) is 23.5. The highest BCUT2D eigenvalue weighted by Crippen LogP contribution is 2.31. The lowest BCUT2D eigenvalue weighted by atomic mass is 10.1. The van der Waals surface area contributed by atoms with Gasteiger partial charge in [0.2, 0.25) is 5.91 Å². The predicted octanol–water partition coefficient (Wildman–Crippen LogP) is 4.79. The minimum Gasteiger partial charge on any atom is -0.326 e. The number of hydrogen-bond donors (Lipinski definition) is 1. The van der Waals surface area contributed by atoms with Crippen molar-refractivity contribution in [2.75, 3.05) is 26.0 Å². The molecule has 0 saturated carbocycles. The van der Waals surface area contributed by atoms with E-state index in [2.05, 4.69) is 15.3 Å². The van der Waals surface area contributed by atoms with Crippen LogP contribution in [0, 0.1) is 13.8 Å². The number of anilines is 1. The molecule has 0 unspecified atom stereocenters. The average molecular weight is 445 g/mol. The molecule has 0 radical (unpaired) electrons. The third-order valence-corrected chi connectivity index (χ3v) is 5.28. The highest BCUT2D eigenvalue weighted by Gasteiger charge is 2.30. The molecule has 8 heteroatoms. The van der Waals surface area contributed by atoms with E-state index >= 15 is 0 Å². The van der Waals surface area contributed by atoms with Gasteiger partial charge in [-0.2, -0.15) is 18.3 Å². The number of aryl methyl sites for hydroxylation is 1. The highest BCUT2D eigenvalue weighted by atomic mass is 19.4. The number of likely N-dealkylation sites (N-methyl/N-ethyl adjacent to an activating group) is 1. The zero-order chi connectivity index (χ0) is 23.5. The van der Waals surface area contributed by atoms with E-state index in [9.17, 15) is 18.0 Å². The first-order valence-corrected chi connectivity index (χ1v) is 10.3. The van der Waals surface area contributed by atoms with Crippen LogP contribution in [0.4, 0.5) is 18.9 Å². The summed E-state index contributed by atoms with van der Waals surface area (Å²) in [7, 11) is 4.04. The number of carbonyl (C=O) groups excluding carboxylic acids is 1. The van der Waals surface area contributed by atoms with Gasteiger partial charge in [0.05, 0.1) is 23.4 Å². The fourth-order valence-corrected chi connectivity index (χ4v) is 3.47. The van der Waals surface area contributed by atoms with Crippen molar-refractivity contribution < 1.29 is 18.0 Å². The fraction of sp³-hybridized carbons (Fsp3) is 0.333. The van der Waals surface area contributed by atoms with Gasteiger partial charge in [-0.1, -0.05) is 18.2 Å². The van der Waals surface area contributed by atoms with Gasteiger partial charge >= 0.3 is 6.18 Å². The zero-order valence-corrected chi connectivity index (χ0v) is 18.6. The highest BCUT2D eigenvalue weighted by molar-refractivity contribution is 5.92. The molecule has 32 heavy (non-hydrogen) atoms. The Morgan fingerprint density at radius 3 is 2.41 bits per heavy atom. The molecule has 0 fully saturated rings. The van der Waals surface area contributed by atoms with Crippen LogP contribution in [0.2, 0.25) is 0 Å². The van der Waals surface area contributed by atoms with Gasteiger partial charge in [0.1, 0.15) is 0 Å². The number of alkyl halides is 3. The van der Waals surface area contributed by atoms with E-state index in [0.717, 1.165) is 25.1 Å². The summed E-state index contributed by atoms with van der Waals surface area (Å²) >= 11 is 0. The summed E-state index contributed by atoms with van der Waals surface area (Å²) < 4.78 is 40.6. The lowest BCUT2D eigenvalue weighted by Gasteiger charge is -2.11. The Labute approximate surface area is 185 Å². The lowest BCUT2D eigenvalue weighted by Crippen LogP contribution is -2.16. The van der Waals surface area contributed by atoms with E-state index in [4.69, 9.17) is 0 Å². The van der Waals surface area contributed by atoms with Gasteiger partial charge in [-0.05, 0) is 70.3 Å². The standard InChI is InChI=1S/C24H27F3N4O/c1-16-22(15-23(32)28-20-10-8-18(9-11-20)12-13-30(3)4)17(2)31(29-16)21-7-5-6-19(14-21)24(25,26)27/h5-11,14H,12-13,15H2,1-4H3,(H,28,32). The molecule has 2 aromatic carbocycles. The van der Waals surface area contributed by atoms with E-state index in [-0.39, 0.29) is 12.3 Å². The number of nitrogens with one attached hydrogen (secondary N) is 1. The van der Waals surface area contributed by atoms with Crippen LogP contribution in [-0.4, -0.2) is 41.2 Å². The van der Waals surface area contributed by atoms with Crippen LogP contribution in [0.3, 0.4) is 0 Å². The first-order chi connectivity index (χ1) is 15.0. The van der Waals surface area contributed by atoms with Crippen LogP contribution in [0.1, 0.15) is 28.1 Å². The Hall–Kier alpha value is -3.13. The summed E-state index contributed by atoms with van der Waals surface area (Å²) in [6, 6.07) is 12.7. The number of benzene rings is 2. The fourth-order valence-electron chi connectivity index (χ4n) is 3.47. The third-order valence-electron chi connectivity index (χ3n) is 5.28. The zero-order valence-electron chi connectivity index (χ0n) is 18.6. The summed E-state index contributed by atoms with van der Waals surface area (Å²) in [5.41, 5.74) is 3.39. The molecular formula is C24H27F3N4O. The van der Waals surface area contributed by atoms with Gasteiger partial charge in [0.15, 0.2) is 0 Å². The molecule has 0 spiro atoms. The molecule has 0 bridgehead atoms. The molecule has 0 aliphatic heterocycles. The van der Waals surface area contributed by atoms with Crippen LogP contribution in [0.25, 0.3) is 5.69 Å². The van der Waals surface area contributed by atoms with E-state index in [1.165, 1.54) is 16.3 Å². The van der Waals surface area contributed by atoms with E-state index < -0.39 is 11.7 Å². The largest absolute Gasteiger partial charge is 0.416 e. The second-order valence-electron chi connectivity index (χ2n) is 8.08. The topological polar surface area (TPSA) is 50.2 Å². The molecule has 0 atom stereocenters. The SMILES string of the molecule is Cc1nn(-c2cccc(C(F)(F)F)c2)c(C)c1CC(=O)Nc1ccc(CCN(C)C)cc1. The van der Waals surface area contributed by atoms with Gasteiger partial charge in [-0.25, -0.2) is 4.68 Å². The minimum absolute atomic E-state index is 0.0824. The Morgan fingerprint density at radius 2 is 1.78 bits per heavy atom. The summed E-state index contributed by atoms with van der Waals surface area (Å²) in [4.78, 5) is 14.7. The number of rotatable bonds is 7. The van der Waals surface area contributed by atoms with Crippen molar-refractivity contribution in [3.63, 3.8) is 0 Å². The maximum absolute atomic E-state index is 13.1. The van der Waals surface area contributed by atoms with Crippen LogP contribution in [0.5, 0.6) is 0 Å². The van der Waals surface area contributed by atoms with Gasteiger partial charge in [0, 0.05) is 23.5 Å². The third kappa shape index (κ3) is 5.76. The van der Waals surface area contributed by atoms with Crippen LogP contribution in [0.15, 0.2) is 48.5 Å². The molecular weight excluding hydrogens is 417 g/mol. The van der Waals surface area contributed by atoms with Crippen molar-refractivity contribution in [1.82, 2.24) is 14.7 Å². The molecule has 3 aromatic rings. The molecule has 1 aromatic heterocycles. The maximum atomic E-state index is 13.1. The number of hydrogen-bond acceptors (Lipinski definition) is 3. The van der Waals surface area contributed by atoms with Crippen LogP contribution in [-0.2, 0) is 23.8 Å². The molecule has 1 N–H and O–H groups in total. The van der Waals surface area contributed by atoms with E-state index in [1.54, 1.807) is 19.9 Å². The molecule has 1 heterocycles. The van der Waals surface area contributed by atoms with Crippen molar-refractivity contribution in [3.05, 3.63) is 76.6 Å². The lowest BCUT2D eigenvalue weighted by molar-refractivity contribution is -0.137. The predicted molar refractivity (Wildman–Crippen MR) is 119 cm³/mol. The van der Waals surface area contributed by atoms with Crippen molar-refractivity contribution in [2.45, 2.75) is 32.9 Å². The monoisotopic (exact) mass is 444 g/mol. The van der Waals surface area contributed by atoms with Crippen molar-refractivity contribution >= 4 is 11.6 Å². The van der Waals surface area contributed by atoms with Gasteiger partial charge in [-0.3, -0.25) is 4.79 Å². The quantitative estimate of drug-likeness (QED) is 0.570. The smallest absolute Gasteiger partial charge is 0.326 e. The first-order valence-electron chi connectivity index (χ1n) is 10.3. The van der Waals surface area contributed by atoms with Gasteiger partial charge < -0.3 is 10.2 Å². The van der Waals surface area contributed by atoms with Crippen LogP contribution < -0.4 is 5.32 Å². The minimum atomic E-state index is -4.43. The number of aromatic nitrogens is 2. The average Bonchev–Trinajstić information content (AvgIpc) is 3.01. The Bertz CT molecular complexity index is 1090. The number of carbonyl (C=O) groups is 1. The molecule has 1 amide bonds. The van der Waals surface area contributed by atoms with Gasteiger partial charge in [0.25, 0.3) is 0 Å².